The average Bonchev–Trinajstić information content (AvgIpc) is 3.27. The minimum Gasteiger partial charge on any atom is -0.744 e. The van der Waals surface area contributed by atoms with E-state index in [4.69, 9.17) is 0 Å². The number of unbranched alkanes of at least 4 members (excludes halogenated alkanes) is 24. The Hall–Kier alpha value is -1.86. The van der Waals surface area contributed by atoms with Crippen molar-refractivity contribution in [3.63, 3.8) is 0 Å². The third-order valence-electron chi connectivity index (χ3n) is 13.1. The second-order valence-corrected chi connectivity index (χ2v) is 21.2. The van der Waals surface area contributed by atoms with Gasteiger partial charge in [0.15, 0.2) is 0 Å². The molecule has 0 saturated carbocycles. The van der Waals surface area contributed by atoms with Gasteiger partial charge in [0.25, 0.3) is 0 Å². The van der Waals surface area contributed by atoms with Gasteiger partial charge in [-0.25, -0.2) is 16.8 Å². The van der Waals surface area contributed by atoms with Crippen LogP contribution in [0.15, 0.2) is 70.5 Å². The van der Waals surface area contributed by atoms with Crippen LogP contribution >= 0.6 is 0 Å². The van der Waals surface area contributed by atoms with Crippen LogP contribution in [0.2, 0.25) is 0 Å². The van der Waals surface area contributed by atoms with Gasteiger partial charge >= 0.3 is 27.3 Å². The number of hydrogen-bond donors (Lipinski definition) is 0. The van der Waals surface area contributed by atoms with Gasteiger partial charge in [-0.2, -0.15) is 0 Å². The molecule has 0 bridgehead atoms. The summed E-state index contributed by atoms with van der Waals surface area (Å²) in [4.78, 5) is -0.0222. The van der Waals surface area contributed by atoms with E-state index in [0.717, 1.165) is 84.0 Å². The monoisotopic (exact) mass is 1130 g/mol. The van der Waals surface area contributed by atoms with Gasteiger partial charge in [-0.1, -0.05) is 230 Å². The number of benzene rings is 4. The van der Waals surface area contributed by atoms with E-state index in [1.807, 2.05) is 24.3 Å². The molecule has 0 atom stereocenters. The zero-order chi connectivity index (χ0) is 46.5. The molecule has 2 radical (unpaired) electrons. The molecular weight excluding hydrogens is 1040 g/mol. The summed E-state index contributed by atoms with van der Waals surface area (Å²) in [7, 11) is -8.97. The van der Waals surface area contributed by atoms with Crippen molar-refractivity contribution in [1.29, 1.82) is 0 Å². The Morgan fingerprint density at radius 2 is 0.600 bits per heavy atom. The SMILES string of the molecule is CCCCCCCCCc1cccc2ccc(S(=O)(=O)[O-])c(CCCCCCCCC)c12.CCCCCCCCCc1cccc2ccc(S(=O)(=O)[O-])c(CCCCCCCCC)c12.[Pb+2]. The normalized spacial score (nSPS) is 11.8. The van der Waals surface area contributed by atoms with Crippen LogP contribution in [0, 0.1) is 0 Å². The van der Waals surface area contributed by atoms with Crippen LogP contribution in [-0.2, 0) is 45.9 Å². The maximum atomic E-state index is 12.0. The van der Waals surface area contributed by atoms with Crippen molar-refractivity contribution in [2.45, 2.75) is 243 Å². The Morgan fingerprint density at radius 3 is 0.877 bits per heavy atom. The van der Waals surface area contributed by atoms with Crippen molar-refractivity contribution < 1.29 is 25.9 Å². The van der Waals surface area contributed by atoms with Gasteiger partial charge in [0, 0.05) is 0 Å². The number of rotatable bonds is 34. The second kappa shape index (κ2) is 34.4. The second-order valence-electron chi connectivity index (χ2n) is 18.5. The van der Waals surface area contributed by atoms with Crippen LogP contribution < -0.4 is 0 Å². The van der Waals surface area contributed by atoms with Gasteiger partial charge in [0.1, 0.15) is 20.2 Å². The molecule has 0 aliphatic carbocycles. The Labute approximate surface area is 418 Å². The molecule has 4 aromatic rings. The standard InChI is InChI=1S/2C28H44O3S.Pb/c2*1-3-5-7-9-11-13-15-18-24-19-17-20-25-22-23-27(32(29,30)31)26(28(24)25)21-16-14-12-10-8-6-4-2;/h2*17,19-20,22-23H,3-16,18,21H2,1-2H3,(H,29,30,31);/q;;+2/p-2. The molecule has 0 fully saturated rings. The molecule has 0 unspecified atom stereocenters. The first-order valence-corrected chi connectivity index (χ1v) is 28.8. The van der Waals surface area contributed by atoms with E-state index < -0.39 is 20.2 Å². The summed E-state index contributed by atoms with van der Waals surface area (Å²) in [5, 5.41) is 4.13. The summed E-state index contributed by atoms with van der Waals surface area (Å²) in [5.41, 5.74) is 3.90. The van der Waals surface area contributed by atoms with E-state index in [-0.39, 0.29) is 37.1 Å². The molecule has 0 saturated heterocycles. The first kappa shape index (κ1) is 59.3. The van der Waals surface area contributed by atoms with Gasteiger partial charge in [-0.3, -0.25) is 0 Å². The number of aryl methyl sites for hydroxylation is 4. The van der Waals surface area contributed by atoms with Crippen LogP contribution in [-0.4, -0.2) is 53.2 Å². The summed E-state index contributed by atoms with van der Waals surface area (Å²) in [6.45, 7) is 8.91. The maximum Gasteiger partial charge on any atom is 2.00 e. The Balaban J connectivity index is 0.000000440. The topological polar surface area (TPSA) is 114 Å². The van der Waals surface area contributed by atoms with Crippen molar-refractivity contribution in [3.8, 4) is 0 Å². The average molecular weight is 1130 g/mol. The minimum absolute atomic E-state index is 0. The fourth-order valence-corrected chi connectivity index (χ4v) is 11.0. The Bertz CT molecular complexity index is 1960. The van der Waals surface area contributed by atoms with Crippen molar-refractivity contribution in [3.05, 3.63) is 82.9 Å². The molecule has 0 aliphatic heterocycles. The van der Waals surface area contributed by atoms with Crippen LogP contribution in [0.4, 0.5) is 0 Å². The largest absolute Gasteiger partial charge is 2.00 e. The summed E-state index contributed by atoms with van der Waals surface area (Å²) in [6, 6.07) is 19.1. The van der Waals surface area contributed by atoms with Gasteiger partial charge in [0.2, 0.25) is 0 Å². The quantitative estimate of drug-likeness (QED) is 0.0261. The molecule has 0 amide bonds. The number of fused-ring (bicyclic) bond motifs is 2. The number of hydrogen-bond acceptors (Lipinski definition) is 6. The fraction of sp³-hybridized carbons (Fsp3) is 0.643. The van der Waals surface area contributed by atoms with Crippen molar-refractivity contribution in [1.82, 2.24) is 0 Å². The van der Waals surface area contributed by atoms with Crippen molar-refractivity contribution in [2.24, 2.45) is 0 Å². The molecule has 0 aliphatic rings. The van der Waals surface area contributed by atoms with E-state index in [1.165, 1.54) is 165 Å². The predicted octanol–water partition coefficient (Wildman–Crippen LogP) is 16.3. The third kappa shape index (κ3) is 22.4. The van der Waals surface area contributed by atoms with Gasteiger partial charge in [0.05, 0.1) is 9.79 Å². The van der Waals surface area contributed by atoms with Gasteiger partial charge in [-0.05, 0) is 107 Å². The van der Waals surface area contributed by atoms with Crippen LogP contribution in [0.25, 0.3) is 21.5 Å². The van der Waals surface area contributed by atoms with Crippen LogP contribution in [0.3, 0.4) is 0 Å². The molecule has 6 nitrogen and oxygen atoms in total. The first-order chi connectivity index (χ1) is 31.0. The molecule has 9 heteroatoms. The van der Waals surface area contributed by atoms with Crippen molar-refractivity contribution >= 4 is 69.1 Å². The van der Waals surface area contributed by atoms with Gasteiger partial charge in [-0.15, -0.1) is 0 Å². The van der Waals surface area contributed by atoms with E-state index in [2.05, 4.69) is 52.0 Å². The van der Waals surface area contributed by atoms with E-state index in [1.54, 1.807) is 0 Å². The van der Waals surface area contributed by atoms with Crippen LogP contribution in [0.1, 0.15) is 230 Å². The van der Waals surface area contributed by atoms with Crippen LogP contribution in [0.5, 0.6) is 0 Å². The molecular formula is C56H86O6PbS2. The van der Waals surface area contributed by atoms with Gasteiger partial charge < -0.3 is 9.11 Å². The summed E-state index contributed by atoms with van der Waals surface area (Å²) >= 11 is 0. The van der Waals surface area contributed by atoms with E-state index in [9.17, 15) is 25.9 Å². The zero-order valence-corrected chi connectivity index (χ0v) is 46.7. The summed E-state index contributed by atoms with van der Waals surface area (Å²) < 4.78 is 72.3. The molecule has 0 spiro atoms. The summed E-state index contributed by atoms with van der Waals surface area (Å²) in [6.07, 6.45) is 37.2. The first-order valence-electron chi connectivity index (χ1n) is 26.0. The predicted molar refractivity (Wildman–Crippen MR) is 276 cm³/mol. The molecule has 362 valence electrons. The molecule has 0 heterocycles. The minimum atomic E-state index is -4.48. The molecule has 65 heavy (non-hydrogen) atoms. The summed E-state index contributed by atoms with van der Waals surface area (Å²) in [5.74, 6) is 0. The third-order valence-corrected chi connectivity index (χ3v) is 14.9. The van der Waals surface area contributed by atoms with E-state index >= 15 is 0 Å². The fourth-order valence-electron chi connectivity index (χ4n) is 9.48. The van der Waals surface area contributed by atoms with Crippen molar-refractivity contribution in [2.75, 3.05) is 0 Å². The Kier molecular flexibility index (Phi) is 31.4. The molecule has 0 aromatic heterocycles. The molecule has 0 N–H and O–H groups in total. The molecule has 4 rings (SSSR count). The smallest absolute Gasteiger partial charge is 0.744 e. The Morgan fingerprint density at radius 1 is 0.338 bits per heavy atom. The zero-order valence-electron chi connectivity index (χ0n) is 41.2. The molecule has 4 aromatic carbocycles. The maximum absolute atomic E-state index is 12.0. The van der Waals surface area contributed by atoms with E-state index in [0.29, 0.717) is 12.8 Å².